The zero-order valence-electron chi connectivity index (χ0n) is 14.4. The number of rotatable bonds is 7. The van der Waals surface area contributed by atoms with Gasteiger partial charge in [-0.25, -0.2) is 4.98 Å². The van der Waals surface area contributed by atoms with Crippen molar-refractivity contribution in [1.82, 2.24) is 15.6 Å². The van der Waals surface area contributed by atoms with E-state index in [0.717, 1.165) is 0 Å². The maximum absolute atomic E-state index is 12.0. The molecule has 0 aliphatic rings. The molecule has 1 heterocycles. The Hall–Kier alpha value is -3.09. The number of benzene rings is 1. The summed E-state index contributed by atoms with van der Waals surface area (Å²) in [7, 11) is 1.56. The molecule has 2 aromatic rings. The van der Waals surface area contributed by atoms with Crippen molar-refractivity contribution in [2.45, 2.75) is 26.4 Å². The molecule has 1 aromatic heterocycles. The number of pyridine rings is 1. The van der Waals surface area contributed by atoms with Crippen molar-refractivity contribution in [3.05, 3.63) is 48.2 Å². The average Bonchev–Trinajstić information content (AvgIpc) is 2.60. The van der Waals surface area contributed by atoms with Gasteiger partial charge in [0.05, 0.1) is 7.11 Å². The molecular formula is C18H21N3O4. The van der Waals surface area contributed by atoms with Gasteiger partial charge in [0, 0.05) is 25.2 Å². The second kappa shape index (κ2) is 8.68. The fourth-order valence-corrected chi connectivity index (χ4v) is 2.16. The Labute approximate surface area is 146 Å². The van der Waals surface area contributed by atoms with Crippen LogP contribution in [-0.4, -0.2) is 29.9 Å². The molecular weight excluding hydrogens is 322 g/mol. The topological polar surface area (TPSA) is 89.6 Å². The van der Waals surface area contributed by atoms with Gasteiger partial charge in [0.25, 0.3) is 0 Å². The van der Waals surface area contributed by atoms with E-state index in [4.69, 9.17) is 9.47 Å². The van der Waals surface area contributed by atoms with Gasteiger partial charge in [-0.05, 0) is 25.1 Å². The first-order valence-corrected chi connectivity index (χ1v) is 7.81. The first-order chi connectivity index (χ1) is 12.0. The largest absolute Gasteiger partial charge is 0.493 e. The molecule has 0 spiro atoms. The first kappa shape index (κ1) is 18.3. The summed E-state index contributed by atoms with van der Waals surface area (Å²) in [4.78, 5) is 27.3. The van der Waals surface area contributed by atoms with Crippen molar-refractivity contribution in [3.63, 3.8) is 0 Å². The minimum atomic E-state index is -0.618. The molecule has 25 heavy (non-hydrogen) atoms. The SMILES string of the molecule is COc1ccccc1Oc1ncccc1CNC(=O)[C@@H](C)NC(C)=O. The molecule has 0 radical (unpaired) electrons. The summed E-state index contributed by atoms with van der Waals surface area (Å²) in [5.74, 6) is 0.941. The zero-order valence-corrected chi connectivity index (χ0v) is 14.4. The fourth-order valence-electron chi connectivity index (χ4n) is 2.16. The minimum absolute atomic E-state index is 0.223. The maximum atomic E-state index is 12.0. The molecule has 0 fully saturated rings. The molecule has 1 atom stereocenters. The quantitative estimate of drug-likeness (QED) is 0.803. The lowest BCUT2D eigenvalue weighted by atomic mass is 10.2. The predicted octanol–water partition coefficient (Wildman–Crippen LogP) is 2.02. The minimum Gasteiger partial charge on any atom is -0.493 e. The highest BCUT2D eigenvalue weighted by atomic mass is 16.5. The van der Waals surface area contributed by atoms with E-state index in [1.165, 1.54) is 6.92 Å². The molecule has 0 saturated carbocycles. The third-order valence-electron chi connectivity index (χ3n) is 3.39. The summed E-state index contributed by atoms with van der Waals surface area (Å²) >= 11 is 0. The Kier molecular flexibility index (Phi) is 6.33. The highest BCUT2D eigenvalue weighted by Crippen LogP contribution is 2.31. The van der Waals surface area contributed by atoms with E-state index in [1.54, 1.807) is 44.5 Å². The van der Waals surface area contributed by atoms with E-state index in [1.807, 2.05) is 12.1 Å². The van der Waals surface area contributed by atoms with Crippen LogP contribution >= 0.6 is 0 Å². The van der Waals surface area contributed by atoms with Crippen LogP contribution in [0.4, 0.5) is 0 Å². The van der Waals surface area contributed by atoms with E-state index in [9.17, 15) is 9.59 Å². The van der Waals surface area contributed by atoms with Gasteiger partial charge in [-0.1, -0.05) is 18.2 Å². The molecule has 7 heteroatoms. The highest BCUT2D eigenvalue weighted by Gasteiger charge is 2.15. The Morgan fingerprint density at radius 2 is 1.88 bits per heavy atom. The van der Waals surface area contributed by atoms with Crippen molar-refractivity contribution in [2.24, 2.45) is 0 Å². The van der Waals surface area contributed by atoms with Gasteiger partial charge in [0.1, 0.15) is 6.04 Å². The predicted molar refractivity (Wildman–Crippen MR) is 92.4 cm³/mol. The van der Waals surface area contributed by atoms with Crippen LogP contribution in [-0.2, 0) is 16.1 Å². The number of methoxy groups -OCH3 is 1. The number of para-hydroxylation sites is 2. The number of aromatic nitrogens is 1. The Bertz CT molecular complexity index is 749. The Balaban J connectivity index is 2.08. The lowest BCUT2D eigenvalue weighted by Gasteiger charge is -2.15. The van der Waals surface area contributed by atoms with Crippen LogP contribution in [0.3, 0.4) is 0 Å². The number of nitrogens with one attached hydrogen (secondary N) is 2. The second-order valence-electron chi connectivity index (χ2n) is 5.36. The molecule has 2 rings (SSSR count). The van der Waals surface area contributed by atoms with Crippen LogP contribution in [0.2, 0.25) is 0 Å². The first-order valence-electron chi connectivity index (χ1n) is 7.81. The number of carbonyl (C=O) groups excluding carboxylic acids is 2. The Morgan fingerprint density at radius 1 is 1.16 bits per heavy atom. The molecule has 0 bridgehead atoms. The van der Waals surface area contributed by atoms with Crippen LogP contribution in [0.25, 0.3) is 0 Å². The summed E-state index contributed by atoms with van der Waals surface area (Å²) in [6.07, 6.45) is 1.61. The summed E-state index contributed by atoms with van der Waals surface area (Å²) in [5.41, 5.74) is 0.705. The number of hydrogen-bond acceptors (Lipinski definition) is 5. The molecule has 1 aromatic carbocycles. The van der Waals surface area contributed by atoms with Crippen LogP contribution in [0.1, 0.15) is 19.4 Å². The van der Waals surface area contributed by atoms with Gasteiger partial charge in [-0.2, -0.15) is 0 Å². The van der Waals surface area contributed by atoms with E-state index >= 15 is 0 Å². The number of carbonyl (C=O) groups is 2. The van der Waals surface area contributed by atoms with Crippen LogP contribution in [0.15, 0.2) is 42.6 Å². The van der Waals surface area contributed by atoms with Crippen molar-refractivity contribution in [1.29, 1.82) is 0 Å². The van der Waals surface area contributed by atoms with Crippen molar-refractivity contribution in [2.75, 3.05) is 7.11 Å². The molecule has 0 unspecified atom stereocenters. The molecule has 132 valence electrons. The van der Waals surface area contributed by atoms with Crippen molar-refractivity contribution < 1.29 is 19.1 Å². The van der Waals surface area contributed by atoms with Gasteiger partial charge in [-0.3, -0.25) is 9.59 Å². The maximum Gasteiger partial charge on any atom is 0.242 e. The highest BCUT2D eigenvalue weighted by molar-refractivity contribution is 5.86. The third kappa shape index (κ3) is 5.20. The second-order valence-corrected chi connectivity index (χ2v) is 5.36. The summed E-state index contributed by atoms with van der Waals surface area (Å²) in [6.45, 7) is 3.21. The monoisotopic (exact) mass is 343 g/mol. The van der Waals surface area contributed by atoms with Crippen molar-refractivity contribution >= 4 is 11.8 Å². The molecule has 2 amide bonds. The fraction of sp³-hybridized carbons (Fsp3) is 0.278. The van der Waals surface area contributed by atoms with Crippen molar-refractivity contribution in [3.8, 4) is 17.4 Å². The standard InChI is InChI=1S/C18H21N3O4/c1-12(21-13(2)22)17(23)20-11-14-7-6-10-19-18(14)25-16-9-5-4-8-15(16)24-3/h4-10,12H,11H2,1-3H3,(H,20,23)(H,21,22)/t12-/m1/s1. The summed E-state index contributed by atoms with van der Waals surface area (Å²) in [5, 5.41) is 5.29. The summed E-state index contributed by atoms with van der Waals surface area (Å²) in [6, 6.07) is 10.2. The van der Waals surface area contributed by atoms with E-state index in [2.05, 4.69) is 15.6 Å². The lowest BCUT2D eigenvalue weighted by Crippen LogP contribution is -2.43. The molecule has 0 aliphatic heterocycles. The van der Waals surface area contributed by atoms with Crippen LogP contribution < -0.4 is 20.1 Å². The molecule has 0 saturated heterocycles. The zero-order chi connectivity index (χ0) is 18.2. The van der Waals surface area contributed by atoms with Gasteiger partial charge >= 0.3 is 0 Å². The van der Waals surface area contributed by atoms with Gasteiger partial charge in [-0.15, -0.1) is 0 Å². The third-order valence-corrected chi connectivity index (χ3v) is 3.39. The number of nitrogens with zero attached hydrogens (tertiary/aromatic N) is 1. The van der Waals surface area contributed by atoms with Crippen LogP contribution in [0.5, 0.6) is 17.4 Å². The van der Waals surface area contributed by atoms with Crippen LogP contribution in [0, 0.1) is 0 Å². The lowest BCUT2D eigenvalue weighted by molar-refractivity contribution is -0.127. The van der Waals surface area contributed by atoms with E-state index < -0.39 is 6.04 Å². The molecule has 0 aliphatic carbocycles. The van der Waals surface area contributed by atoms with Gasteiger partial charge in [0.2, 0.25) is 17.7 Å². The van der Waals surface area contributed by atoms with E-state index in [0.29, 0.717) is 22.9 Å². The molecule has 7 nitrogen and oxygen atoms in total. The number of amides is 2. The normalized spacial score (nSPS) is 11.3. The smallest absolute Gasteiger partial charge is 0.242 e. The van der Waals surface area contributed by atoms with Gasteiger partial charge < -0.3 is 20.1 Å². The summed E-state index contributed by atoms with van der Waals surface area (Å²) < 4.78 is 11.1. The number of ether oxygens (including phenoxy) is 2. The average molecular weight is 343 g/mol. The number of hydrogen-bond donors (Lipinski definition) is 2. The molecule has 2 N–H and O–H groups in total. The Morgan fingerprint density at radius 3 is 2.56 bits per heavy atom. The van der Waals surface area contributed by atoms with Gasteiger partial charge in [0.15, 0.2) is 11.5 Å². The van der Waals surface area contributed by atoms with E-state index in [-0.39, 0.29) is 18.4 Å².